The Morgan fingerprint density at radius 3 is 2.90 bits per heavy atom. The third-order valence-corrected chi connectivity index (χ3v) is 4.16. The zero-order valence-electron chi connectivity index (χ0n) is 11.6. The molecule has 2 rings (SSSR count). The highest BCUT2D eigenvalue weighted by Crippen LogP contribution is 2.29. The summed E-state index contributed by atoms with van der Waals surface area (Å²) in [5.74, 6) is 0.421. The van der Waals surface area contributed by atoms with E-state index in [1.54, 1.807) is 0 Å². The SMILES string of the molecule is CC(C)C(N)[C@H]1CCN(c2nc(Cl)c(C#N)cc2F)C1. The lowest BCUT2D eigenvalue weighted by atomic mass is 9.91. The largest absolute Gasteiger partial charge is 0.354 e. The van der Waals surface area contributed by atoms with Gasteiger partial charge in [-0.15, -0.1) is 0 Å². The molecule has 1 aliphatic rings. The fourth-order valence-corrected chi connectivity index (χ4v) is 2.77. The van der Waals surface area contributed by atoms with E-state index in [9.17, 15) is 4.39 Å². The standard InChI is InChI=1S/C14H18ClFN4/c1-8(2)12(18)9-3-4-20(7-9)14-11(16)5-10(6-17)13(15)19-14/h5,8-9,12H,3-4,7,18H2,1-2H3/t9-,12?/m0/s1. The summed E-state index contributed by atoms with van der Waals surface area (Å²) in [6.45, 7) is 5.55. The van der Waals surface area contributed by atoms with Gasteiger partial charge < -0.3 is 10.6 Å². The number of anilines is 1. The van der Waals surface area contributed by atoms with E-state index in [1.165, 1.54) is 0 Å². The lowest BCUT2D eigenvalue weighted by Crippen LogP contribution is -2.37. The summed E-state index contributed by atoms with van der Waals surface area (Å²) in [6, 6.07) is 3.06. The molecule has 2 heterocycles. The number of nitrogens with two attached hydrogens (primary N) is 1. The summed E-state index contributed by atoms with van der Waals surface area (Å²) in [4.78, 5) is 5.87. The van der Waals surface area contributed by atoms with Crippen molar-refractivity contribution >= 4 is 17.4 Å². The van der Waals surface area contributed by atoms with Crippen LogP contribution in [0.5, 0.6) is 0 Å². The molecular weight excluding hydrogens is 279 g/mol. The van der Waals surface area contributed by atoms with Crippen LogP contribution in [0.2, 0.25) is 5.15 Å². The number of aromatic nitrogens is 1. The molecule has 4 nitrogen and oxygen atoms in total. The highest BCUT2D eigenvalue weighted by atomic mass is 35.5. The first kappa shape index (κ1) is 15.0. The minimum absolute atomic E-state index is 0.0421. The first-order valence-electron chi connectivity index (χ1n) is 6.70. The maximum Gasteiger partial charge on any atom is 0.167 e. The molecule has 1 fully saturated rings. The van der Waals surface area contributed by atoms with Crippen molar-refractivity contribution in [2.75, 3.05) is 18.0 Å². The van der Waals surface area contributed by atoms with E-state index in [-0.39, 0.29) is 22.6 Å². The van der Waals surface area contributed by atoms with Gasteiger partial charge in [0.15, 0.2) is 11.6 Å². The Morgan fingerprint density at radius 2 is 2.30 bits per heavy atom. The van der Waals surface area contributed by atoms with Gasteiger partial charge in [0, 0.05) is 19.1 Å². The number of hydrogen-bond acceptors (Lipinski definition) is 4. The van der Waals surface area contributed by atoms with Crippen LogP contribution in [-0.2, 0) is 0 Å². The molecule has 0 aromatic carbocycles. The van der Waals surface area contributed by atoms with Crippen LogP contribution < -0.4 is 10.6 Å². The van der Waals surface area contributed by atoms with Crippen LogP contribution in [0.4, 0.5) is 10.2 Å². The monoisotopic (exact) mass is 296 g/mol. The molecule has 0 saturated carbocycles. The fraction of sp³-hybridized carbons (Fsp3) is 0.571. The Labute approximate surface area is 123 Å². The van der Waals surface area contributed by atoms with E-state index in [0.29, 0.717) is 24.9 Å². The van der Waals surface area contributed by atoms with Crippen molar-refractivity contribution in [2.45, 2.75) is 26.3 Å². The van der Waals surface area contributed by atoms with Gasteiger partial charge in [-0.3, -0.25) is 0 Å². The molecule has 0 bridgehead atoms. The van der Waals surface area contributed by atoms with Gasteiger partial charge in [-0.2, -0.15) is 5.26 Å². The minimum Gasteiger partial charge on any atom is -0.354 e. The normalized spacial score (nSPS) is 20.2. The predicted octanol–water partition coefficient (Wildman–Crippen LogP) is 2.56. The molecule has 108 valence electrons. The molecule has 1 aromatic heterocycles. The second kappa shape index (κ2) is 5.94. The number of hydrogen-bond donors (Lipinski definition) is 1. The highest BCUT2D eigenvalue weighted by molar-refractivity contribution is 6.30. The lowest BCUT2D eigenvalue weighted by molar-refractivity contribution is 0.365. The summed E-state index contributed by atoms with van der Waals surface area (Å²) in [7, 11) is 0. The molecule has 0 aliphatic carbocycles. The summed E-state index contributed by atoms with van der Waals surface area (Å²) in [5.41, 5.74) is 6.22. The van der Waals surface area contributed by atoms with Gasteiger partial charge in [0.25, 0.3) is 0 Å². The minimum atomic E-state index is -0.510. The second-order valence-corrected chi connectivity index (χ2v) is 5.92. The molecule has 0 spiro atoms. The van der Waals surface area contributed by atoms with Crippen LogP contribution in [0.15, 0.2) is 6.07 Å². The first-order chi connectivity index (χ1) is 9.43. The van der Waals surface area contributed by atoms with Crippen molar-refractivity contribution in [3.8, 4) is 6.07 Å². The van der Waals surface area contributed by atoms with Gasteiger partial charge in [0.05, 0.1) is 5.56 Å². The van der Waals surface area contributed by atoms with E-state index >= 15 is 0 Å². The number of halogens is 2. The van der Waals surface area contributed by atoms with Crippen LogP contribution in [-0.4, -0.2) is 24.1 Å². The van der Waals surface area contributed by atoms with E-state index in [4.69, 9.17) is 22.6 Å². The van der Waals surface area contributed by atoms with Gasteiger partial charge in [-0.25, -0.2) is 9.37 Å². The summed E-state index contributed by atoms with van der Waals surface area (Å²) >= 11 is 5.88. The maximum atomic E-state index is 14.0. The summed E-state index contributed by atoms with van der Waals surface area (Å²) in [5, 5.41) is 8.85. The summed E-state index contributed by atoms with van der Waals surface area (Å²) in [6.07, 6.45) is 0.915. The molecule has 2 atom stereocenters. The quantitative estimate of drug-likeness (QED) is 0.871. The fourth-order valence-electron chi connectivity index (χ4n) is 2.60. The summed E-state index contributed by atoms with van der Waals surface area (Å²) < 4.78 is 14.0. The lowest BCUT2D eigenvalue weighted by Gasteiger charge is -2.24. The van der Waals surface area contributed by atoms with Crippen LogP contribution in [0, 0.1) is 29.0 Å². The van der Waals surface area contributed by atoms with Crippen LogP contribution in [0.1, 0.15) is 25.8 Å². The molecule has 1 aromatic rings. The Hall–Kier alpha value is -1.38. The number of pyridine rings is 1. The molecule has 0 radical (unpaired) electrons. The zero-order chi connectivity index (χ0) is 14.9. The van der Waals surface area contributed by atoms with Gasteiger partial charge in [-0.05, 0) is 24.3 Å². The third-order valence-electron chi connectivity index (χ3n) is 3.87. The Balaban J connectivity index is 2.19. The van der Waals surface area contributed by atoms with Gasteiger partial charge >= 0.3 is 0 Å². The van der Waals surface area contributed by atoms with E-state index < -0.39 is 5.82 Å². The van der Waals surface area contributed by atoms with Crippen molar-refractivity contribution in [3.63, 3.8) is 0 Å². The smallest absolute Gasteiger partial charge is 0.167 e. The van der Waals surface area contributed by atoms with Crippen molar-refractivity contribution in [2.24, 2.45) is 17.6 Å². The van der Waals surface area contributed by atoms with Crippen molar-refractivity contribution in [1.29, 1.82) is 5.26 Å². The maximum absolute atomic E-state index is 14.0. The van der Waals surface area contributed by atoms with Crippen molar-refractivity contribution in [1.82, 2.24) is 4.98 Å². The Morgan fingerprint density at radius 1 is 1.60 bits per heavy atom. The topological polar surface area (TPSA) is 65.9 Å². The van der Waals surface area contributed by atoms with Gasteiger partial charge in [0.1, 0.15) is 11.2 Å². The predicted molar refractivity (Wildman–Crippen MR) is 77.1 cm³/mol. The van der Waals surface area contributed by atoms with Crippen molar-refractivity contribution in [3.05, 3.63) is 22.6 Å². The molecule has 0 amide bonds. The average Bonchev–Trinajstić information content (AvgIpc) is 2.89. The van der Waals surface area contributed by atoms with E-state index in [1.807, 2.05) is 11.0 Å². The van der Waals surface area contributed by atoms with Gasteiger partial charge in [-0.1, -0.05) is 25.4 Å². The van der Waals surface area contributed by atoms with Gasteiger partial charge in [0.2, 0.25) is 0 Å². The number of nitriles is 1. The molecule has 6 heteroatoms. The number of nitrogens with zero attached hydrogens (tertiary/aromatic N) is 3. The average molecular weight is 297 g/mol. The molecule has 1 unspecified atom stereocenters. The van der Waals surface area contributed by atoms with E-state index in [2.05, 4.69) is 18.8 Å². The van der Waals surface area contributed by atoms with Crippen LogP contribution in [0.25, 0.3) is 0 Å². The van der Waals surface area contributed by atoms with Crippen LogP contribution >= 0.6 is 11.6 Å². The molecule has 2 N–H and O–H groups in total. The highest BCUT2D eigenvalue weighted by Gasteiger charge is 2.31. The molecule has 1 saturated heterocycles. The third kappa shape index (κ3) is 2.87. The molecular formula is C14H18ClFN4. The van der Waals surface area contributed by atoms with Crippen molar-refractivity contribution < 1.29 is 4.39 Å². The molecule has 1 aliphatic heterocycles. The van der Waals surface area contributed by atoms with E-state index in [0.717, 1.165) is 12.5 Å². The zero-order valence-corrected chi connectivity index (χ0v) is 12.4. The second-order valence-electron chi connectivity index (χ2n) is 5.56. The molecule has 20 heavy (non-hydrogen) atoms. The number of rotatable bonds is 3. The first-order valence-corrected chi connectivity index (χ1v) is 7.08. The Bertz CT molecular complexity index is 541. The van der Waals surface area contributed by atoms with Crippen LogP contribution in [0.3, 0.4) is 0 Å². The Kier molecular flexibility index (Phi) is 4.46.